The van der Waals surface area contributed by atoms with E-state index in [2.05, 4.69) is 5.32 Å². The fourth-order valence-electron chi connectivity index (χ4n) is 1.32. The maximum atomic E-state index is 10.7. The molecular weight excluding hydrogens is 230 g/mol. The van der Waals surface area contributed by atoms with Gasteiger partial charge in [-0.15, -0.1) is 0 Å². The second kappa shape index (κ2) is 8.91. The van der Waals surface area contributed by atoms with Gasteiger partial charge >= 0.3 is 11.9 Å². The van der Waals surface area contributed by atoms with Crippen LogP contribution in [0.5, 0.6) is 0 Å². The third-order valence-electron chi connectivity index (χ3n) is 2.28. The molecule has 0 aliphatic carbocycles. The molecule has 0 saturated carbocycles. The third-order valence-corrected chi connectivity index (χ3v) is 2.28. The van der Waals surface area contributed by atoms with Gasteiger partial charge in [0.2, 0.25) is 0 Å². The van der Waals surface area contributed by atoms with Gasteiger partial charge < -0.3 is 25.7 Å². The van der Waals surface area contributed by atoms with E-state index in [1.807, 2.05) is 0 Å². The van der Waals surface area contributed by atoms with Crippen molar-refractivity contribution in [2.24, 2.45) is 0 Å². The van der Waals surface area contributed by atoms with Crippen molar-refractivity contribution in [1.29, 1.82) is 0 Å². The van der Waals surface area contributed by atoms with Crippen molar-refractivity contribution < 1.29 is 30.0 Å². The number of aliphatic carboxylic acids is 2. The van der Waals surface area contributed by atoms with Crippen molar-refractivity contribution in [2.45, 2.75) is 37.8 Å². The van der Waals surface area contributed by atoms with E-state index in [1.165, 1.54) is 0 Å². The average Bonchev–Trinajstić information content (AvgIpc) is 2.26. The van der Waals surface area contributed by atoms with Gasteiger partial charge in [0.25, 0.3) is 0 Å². The van der Waals surface area contributed by atoms with Gasteiger partial charge in [0.15, 0.2) is 6.10 Å². The highest BCUT2D eigenvalue weighted by Gasteiger charge is 2.31. The predicted molar refractivity (Wildman–Crippen MR) is 58.6 cm³/mol. The van der Waals surface area contributed by atoms with E-state index in [1.54, 1.807) is 0 Å². The predicted octanol–water partition coefficient (Wildman–Crippen LogP) is -0.973. The number of aliphatic hydroxyl groups excluding tert-OH is 2. The fourth-order valence-corrected chi connectivity index (χ4v) is 1.32. The quantitative estimate of drug-likeness (QED) is 0.315. The van der Waals surface area contributed by atoms with Crippen molar-refractivity contribution >= 4 is 11.9 Å². The van der Waals surface area contributed by atoms with Crippen LogP contribution in [-0.4, -0.2) is 57.7 Å². The molecule has 5 N–H and O–H groups in total. The summed E-state index contributed by atoms with van der Waals surface area (Å²) >= 11 is 0. The number of nitrogens with one attached hydrogen (secondary N) is 1. The van der Waals surface area contributed by atoms with E-state index in [0.29, 0.717) is 19.4 Å². The van der Waals surface area contributed by atoms with Crippen molar-refractivity contribution in [3.8, 4) is 0 Å². The number of unbranched alkanes of at least 4 members (excludes halogenated alkanes) is 3. The molecule has 0 aromatic heterocycles. The Morgan fingerprint density at radius 2 is 1.59 bits per heavy atom. The first-order valence-corrected chi connectivity index (χ1v) is 5.48. The monoisotopic (exact) mass is 249 g/mol. The molecule has 7 heteroatoms. The van der Waals surface area contributed by atoms with Gasteiger partial charge in [-0.05, 0) is 19.4 Å². The van der Waals surface area contributed by atoms with Gasteiger partial charge in [-0.3, -0.25) is 4.79 Å². The zero-order chi connectivity index (χ0) is 13.3. The zero-order valence-electron chi connectivity index (χ0n) is 9.50. The summed E-state index contributed by atoms with van der Waals surface area (Å²) in [6, 6.07) is -1.50. The maximum absolute atomic E-state index is 10.7. The van der Waals surface area contributed by atoms with Gasteiger partial charge in [-0.1, -0.05) is 12.8 Å². The molecule has 100 valence electrons. The Hall–Kier alpha value is -1.18. The molecule has 0 bridgehead atoms. The SMILES string of the molecule is O=C(O)C(O)C(NCCCCCCO)C(=O)O. The van der Waals surface area contributed by atoms with E-state index in [0.717, 1.165) is 12.8 Å². The summed E-state index contributed by atoms with van der Waals surface area (Å²) in [6.07, 6.45) is 1.04. The molecule has 0 aromatic carbocycles. The van der Waals surface area contributed by atoms with E-state index < -0.39 is 24.1 Å². The van der Waals surface area contributed by atoms with Gasteiger partial charge in [-0.2, -0.15) is 0 Å². The Morgan fingerprint density at radius 3 is 2.06 bits per heavy atom. The number of hydrogen-bond donors (Lipinski definition) is 5. The van der Waals surface area contributed by atoms with Crippen LogP contribution >= 0.6 is 0 Å². The van der Waals surface area contributed by atoms with Crippen LogP contribution < -0.4 is 5.32 Å². The summed E-state index contributed by atoms with van der Waals surface area (Å²) in [5.41, 5.74) is 0. The van der Waals surface area contributed by atoms with E-state index in [4.69, 9.17) is 20.4 Å². The van der Waals surface area contributed by atoms with E-state index in [-0.39, 0.29) is 6.61 Å². The molecule has 0 aliphatic rings. The van der Waals surface area contributed by atoms with Crippen LogP contribution in [-0.2, 0) is 9.59 Å². The number of carboxylic acid groups (broad SMARTS) is 2. The topological polar surface area (TPSA) is 127 Å². The molecule has 2 unspecified atom stereocenters. The molecule has 0 fully saturated rings. The number of hydrogen-bond acceptors (Lipinski definition) is 5. The zero-order valence-corrected chi connectivity index (χ0v) is 9.50. The maximum Gasteiger partial charge on any atom is 0.334 e. The summed E-state index contributed by atoms with van der Waals surface area (Å²) < 4.78 is 0. The van der Waals surface area contributed by atoms with Crippen LogP contribution in [0.3, 0.4) is 0 Å². The summed E-state index contributed by atoms with van der Waals surface area (Å²) in [5.74, 6) is -2.96. The fraction of sp³-hybridized carbons (Fsp3) is 0.800. The van der Waals surface area contributed by atoms with E-state index >= 15 is 0 Å². The molecule has 0 rings (SSSR count). The van der Waals surface area contributed by atoms with Crippen molar-refractivity contribution in [1.82, 2.24) is 5.32 Å². The lowest BCUT2D eigenvalue weighted by atomic mass is 10.1. The Bertz CT molecular complexity index is 245. The number of rotatable bonds is 10. The van der Waals surface area contributed by atoms with Gasteiger partial charge in [-0.25, -0.2) is 4.79 Å². The minimum Gasteiger partial charge on any atom is -0.480 e. The minimum absolute atomic E-state index is 0.128. The van der Waals surface area contributed by atoms with Crippen molar-refractivity contribution in [3.63, 3.8) is 0 Å². The average molecular weight is 249 g/mol. The second-order valence-corrected chi connectivity index (χ2v) is 3.69. The Kier molecular flexibility index (Phi) is 8.29. The lowest BCUT2D eigenvalue weighted by molar-refractivity contribution is -0.156. The van der Waals surface area contributed by atoms with Crippen LogP contribution in [0.15, 0.2) is 0 Å². The third kappa shape index (κ3) is 6.88. The molecule has 0 spiro atoms. The molecule has 17 heavy (non-hydrogen) atoms. The normalized spacial score (nSPS) is 14.2. The lowest BCUT2D eigenvalue weighted by Gasteiger charge is -2.16. The number of carboxylic acids is 2. The standard InChI is InChI=1S/C10H19NO6/c12-6-4-2-1-3-5-11-7(9(14)15)8(13)10(16)17/h7-8,11-13H,1-6H2,(H,14,15)(H,16,17). The summed E-state index contributed by atoms with van der Waals surface area (Å²) in [6.45, 7) is 0.440. The molecule has 0 amide bonds. The largest absolute Gasteiger partial charge is 0.480 e. The second-order valence-electron chi connectivity index (χ2n) is 3.69. The highest BCUT2D eigenvalue weighted by molar-refractivity contribution is 5.84. The molecule has 0 saturated heterocycles. The molecule has 0 heterocycles. The Morgan fingerprint density at radius 1 is 1.00 bits per heavy atom. The highest BCUT2D eigenvalue weighted by atomic mass is 16.4. The molecule has 2 atom stereocenters. The van der Waals surface area contributed by atoms with Crippen LogP contribution in [0.2, 0.25) is 0 Å². The summed E-state index contributed by atoms with van der Waals surface area (Å²) in [7, 11) is 0. The van der Waals surface area contributed by atoms with Crippen LogP contribution in [0.25, 0.3) is 0 Å². The number of aliphatic hydroxyl groups is 2. The van der Waals surface area contributed by atoms with Crippen LogP contribution in [0.1, 0.15) is 25.7 Å². The van der Waals surface area contributed by atoms with Crippen molar-refractivity contribution in [2.75, 3.05) is 13.2 Å². The Labute approximate surface area is 99.1 Å². The molecular formula is C10H19NO6. The molecule has 0 aromatic rings. The summed E-state index contributed by atoms with van der Waals surface area (Å²) in [4.78, 5) is 21.1. The van der Waals surface area contributed by atoms with Crippen LogP contribution in [0, 0.1) is 0 Å². The van der Waals surface area contributed by atoms with Crippen LogP contribution in [0.4, 0.5) is 0 Å². The van der Waals surface area contributed by atoms with E-state index in [9.17, 15) is 9.59 Å². The first-order chi connectivity index (χ1) is 8.00. The highest BCUT2D eigenvalue weighted by Crippen LogP contribution is 2.00. The molecule has 0 radical (unpaired) electrons. The smallest absolute Gasteiger partial charge is 0.334 e. The van der Waals surface area contributed by atoms with Gasteiger partial charge in [0.1, 0.15) is 6.04 Å². The minimum atomic E-state index is -1.95. The van der Waals surface area contributed by atoms with Gasteiger partial charge in [0, 0.05) is 6.61 Å². The lowest BCUT2D eigenvalue weighted by Crippen LogP contribution is -2.49. The first-order valence-electron chi connectivity index (χ1n) is 5.48. The number of carbonyl (C=O) groups is 2. The Balaban J connectivity index is 3.87. The van der Waals surface area contributed by atoms with Crippen molar-refractivity contribution in [3.05, 3.63) is 0 Å². The van der Waals surface area contributed by atoms with Gasteiger partial charge in [0.05, 0.1) is 0 Å². The first kappa shape index (κ1) is 15.8. The molecule has 7 nitrogen and oxygen atoms in total. The molecule has 0 aliphatic heterocycles. The summed E-state index contributed by atoms with van der Waals surface area (Å²) in [5, 5.41) is 37.3.